The number of halogens is 3. The normalized spacial score (nSPS) is 15.0. The molecule has 0 unspecified atom stereocenters. The summed E-state index contributed by atoms with van der Waals surface area (Å²) >= 11 is 5.88. The van der Waals surface area contributed by atoms with Gasteiger partial charge in [0.25, 0.3) is 0 Å². The highest BCUT2D eigenvalue weighted by atomic mass is 35.5. The van der Waals surface area contributed by atoms with Crippen molar-refractivity contribution in [1.29, 1.82) is 0 Å². The topological polar surface area (TPSA) is 81.1 Å². The lowest BCUT2D eigenvalue weighted by molar-refractivity contribution is -0.122. The van der Waals surface area contributed by atoms with Gasteiger partial charge in [0.15, 0.2) is 11.7 Å². The van der Waals surface area contributed by atoms with Crippen molar-refractivity contribution in [3.05, 3.63) is 41.4 Å². The number of hydrogen-bond acceptors (Lipinski definition) is 4. The summed E-state index contributed by atoms with van der Waals surface area (Å²) in [4.78, 5) is 16.5. The third-order valence-electron chi connectivity index (χ3n) is 4.60. The van der Waals surface area contributed by atoms with Crippen LogP contribution < -0.4 is 11.1 Å². The Morgan fingerprint density at radius 2 is 1.88 bits per heavy atom. The quantitative estimate of drug-likeness (QED) is 0.735. The van der Waals surface area contributed by atoms with Gasteiger partial charge in [0.1, 0.15) is 0 Å². The molecule has 26 heavy (non-hydrogen) atoms. The number of carbonyl (C=O) groups is 1. The van der Waals surface area contributed by atoms with Crippen molar-refractivity contribution in [3.63, 3.8) is 0 Å². The number of nitrogens with two attached hydrogens (primary N) is 1. The van der Waals surface area contributed by atoms with Crippen molar-refractivity contribution < 1.29 is 9.21 Å². The van der Waals surface area contributed by atoms with Crippen LogP contribution in [0.25, 0.3) is 11.3 Å². The average Bonchev–Trinajstić information content (AvgIpc) is 3.24. The molecular weight excluding hydrogens is 397 g/mol. The lowest BCUT2D eigenvalue weighted by Crippen LogP contribution is -2.51. The Hall–Kier alpha value is -1.27. The minimum atomic E-state index is -0.206. The molecule has 1 saturated carbocycles. The molecule has 1 heterocycles. The summed E-state index contributed by atoms with van der Waals surface area (Å²) in [5.41, 5.74) is 6.55. The van der Waals surface area contributed by atoms with Gasteiger partial charge in [-0.05, 0) is 37.1 Å². The van der Waals surface area contributed by atoms with Crippen LogP contribution >= 0.6 is 36.4 Å². The van der Waals surface area contributed by atoms with E-state index in [2.05, 4.69) is 10.3 Å². The molecule has 1 aromatic carbocycles. The molecule has 1 aliphatic rings. The van der Waals surface area contributed by atoms with E-state index >= 15 is 0 Å². The highest BCUT2D eigenvalue weighted by Gasteiger charge is 2.33. The zero-order chi connectivity index (χ0) is 17.0. The van der Waals surface area contributed by atoms with Crippen LogP contribution in [-0.2, 0) is 11.2 Å². The van der Waals surface area contributed by atoms with Crippen LogP contribution in [0.15, 0.2) is 34.9 Å². The molecule has 8 heteroatoms. The van der Waals surface area contributed by atoms with E-state index in [0.717, 1.165) is 31.2 Å². The predicted molar refractivity (Wildman–Crippen MR) is 108 cm³/mol. The fourth-order valence-corrected chi connectivity index (χ4v) is 3.31. The van der Waals surface area contributed by atoms with E-state index in [-0.39, 0.29) is 36.3 Å². The number of nitrogens with one attached hydrogen (secondary N) is 1. The Labute approximate surface area is 170 Å². The summed E-state index contributed by atoms with van der Waals surface area (Å²) in [6, 6.07) is 7.37. The van der Waals surface area contributed by atoms with Crippen LogP contribution in [0.4, 0.5) is 0 Å². The Morgan fingerprint density at radius 3 is 2.50 bits per heavy atom. The molecule has 1 fully saturated rings. The molecule has 3 rings (SSSR count). The van der Waals surface area contributed by atoms with E-state index in [9.17, 15) is 4.79 Å². The van der Waals surface area contributed by atoms with E-state index in [0.29, 0.717) is 36.1 Å². The molecule has 144 valence electrons. The summed E-state index contributed by atoms with van der Waals surface area (Å²) in [6.45, 7) is 0.498. The molecule has 1 aromatic heterocycles. The van der Waals surface area contributed by atoms with E-state index in [1.54, 1.807) is 18.3 Å². The van der Waals surface area contributed by atoms with E-state index in [1.165, 1.54) is 0 Å². The van der Waals surface area contributed by atoms with Gasteiger partial charge < -0.3 is 15.5 Å². The fourth-order valence-electron chi connectivity index (χ4n) is 3.18. The highest BCUT2D eigenvalue weighted by molar-refractivity contribution is 6.30. The summed E-state index contributed by atoms with van der Waals surface area (Å²) < 4.78 is 5.72. The maximum absolute atomic E-state index is 12.2. The first-order chi connectivity index (χ1) is 11.6. The Bertz CT molecular complexity index is 698. The van der Waals surface area contributed by atoms with Crippen LogP contribution in [-0.4, -0.2) is 23.0 Å². The second-order valence-electron chi connectivity index (χ2n) is 6.36. The van der Waals surface area contributed by atoms with Gasteiger partial charge in [0.2, 0.25) is 5.91 Å². The Kier molecular flexibility index (Phi) is 8.90. The van der Waals surface area contributed by atoms with Gasteiger partial charge in [-0.2, -0.15) is 0 Å². The van der Waals surface area contributed by atoms with E-state index in [4.69, 9.17) is 21.8 Å². The molecule has 0 radical (unpaired) electrons. The van der Waals surface area contributed by atoms with Gasteiger partial charge in [-0.3, -0.25) is 4.79 Å². The molecule has 2 aromatic rings. The van der Waals surface area contributed by atoms with Gasteiger partial charge >= 0.3 is 0 Å². The number of hydrogen-bond donors (Lipinski definition) is 2. The third kappa shape index (κ3) is 5.61. The number of nitrogens with zero attached hydrogens (tertiary/aromatic N) is 1. The minimum absolute atomic E-state index is 0. The largest absolute Gasteiger partial charge is 0.441 e. The first kappa shape index (κ1) is 22.8. The molecule has 0 bridgehead atoms. The van der Waals surface area contributed by atoms with E-state index in [1.807, 2.05) is 12.1 Å². The number of rotatable bonds is 6. The SMILES string of the molecule is Cl.Cl.NCC1(NC(=O)CCc2ncc(-c3ccc(Cl)cc3)o2)CCCC1. The smallest absolute Gasteiger partial charge is 0.220 e. The lowest BCUT2D eigenvalue weighted by Gasteiger charge is -2.28. The third-order valence-corrected chi connectivity index (χ3v) is 4.86. The number of oxazole rings is 1. The molecule has 1 amide bonds. The van der Waals surface area contributed by atoms with E-state index < -0.39 is 0 Å². The fraction of sp³-hybridized carbons (Fsp3) is 0.444. The number of carbonyl (C=O) groups excluding carboxylic acids is 1. The molecule has 0 saturated heterocycles. The van der Waals surface area contributed by atoms with Crippen molar-refractivity contribution in [2.45, 2.75) is 44.1 Å². The van der Waals surface area contributed by atoms with Crippen molar-refractivity contribution >= 4 is 42.3 Å². The van der Waals surface area contributed by atoms with Crippen LogP contribution in [0.1, 0.15) is 38.0 Å². The first-order valence-electron chi connectivity index (χ1n) is 8.32. The second kappa shape index (κ2) is 10.2. The maximum atomic E-state index is 12.2. The highest BCUT2D eigenvalue weighted by Crippen LogP contribution is 2.28. The Balaban J connectivity index is 0.00000169. The van der Waals surface area contributed by atoms with Crippen LogP contribution in [0.3, 0.4) is 0 Å². The molecule has 0 aliphatic heterocycles. The molecule has 1 aliphatic carbocycles. The van der Waals surface area contributed by atoms with Crippen molar-refractivity contribution in [2.75, 3.05) is 6.54 Å². The summed E-state index contributed by atoms with van der Waals surface area (Å²) in [5.74, 6) is 1.24. The van der Waals surface area contributed by atoms with Gasteiger partial charge in [0.05, 0.1) is 11.7 Å². The van der Waals surface area contributed by atoms with Crippen molar-refractivity contribution in [1.82, 2.24) is 10.3 Å². The Morgan fingerprint density at radius 1 is 1.23 bits per heavy atom. The number of aryl methyl sites for hydroxylation is 1. The summed E-state index contributed by atoms with van der Waals surface area (Å²) in [6.07, 6.45) is 6.68. The zero-order valence-corrected chi connectivity index (χ0v) is 16.8. The zero-order valence-electron chi connectivity index (χ0n) is 14.4. The average molecular weight is 421 g/mol. The minimum Gasteiger partial charge on any atom is -0.441 e. The molecule has 3 N–H and O–H groups in total. The van der Waals surface area contributed by atoms with Crippen LogP contribution in [0.5, 0.6) is 0 Å². The van der Waals surface area contributed by atoms with Gasteiger partial charge in [-0.15, -0.1) is 24.8 Å². The molecular formula is C18H24Cl3N3O2. The standard InChI is InChI=1S/C18H22ClN3O2.2ClH/c19-14-5-3-13(4-6-14)15-11-21-17(24-15)8-7-16(23)22-18(12-20)9-1-2-10-18;;/h3-6,11H,1-2,7-10,12,20H2,(H,22,23);2*1H. The number of benzene rings is 1. The lowest BCUT2D eigenvalue weighted by atomic mass is 9.97. The van der Waals surface area contributed by atoms with Gasteiger partial charge in [0, 0.05) is 30.0 Å². The van der Waals surface area contributed by atoms with Crippen molar-refractivity contribution in [2.24, 2.45) is 5.73 Å². The van der Waals surface area contributed by atoms with Crippen LogP contribution in [0, 0.1) is 0 Å². The monoisotopic (exact) mass is 419 g/mol. The van der Waals surface area contributed by atoms with Gasteiger partial charge in [-0.25, -0.2) is 4.98 Å². The van der Waals surface area contributed by atoms with Crippen molar-refractivity contribution in [3.8, 4) is 11.3 Å². The molecule has 0 spiro atoms. The summed E-state index contributed by atoms with van der Waals surface area (Å²) in [5, 5.41) is 3.79. The van der Waals surface area contributed by atoms with Crippen LogP contribution in [0.2, 0.25) is 5.02 Å². The first-order valence-corrected chi connectivity index (χ1v) is 8.70. The second-order valence-corrected chi connectivity index (χ2v) is 6.80. The van der Waals surface area contributed by atoms with Gasteiger partial charge in [-0.1, -0.05) is 24.4 Å². The molecule has 5 nitrogen and oxygen atoms in total. The maximum Gasteiger partial charge on any atom is 0.220 e. The molecule has 0 atom stereocenters. The number of aromatic nitrogens is 1. The number of amides is 1. The summed E-state index contributed by atoms with van der Waals surface area (Å²) in [7, 11) is 0. The predicted octanol–water partition coefficient (Wildman–Crippen LogP) is 4.16.